The molecule has 0 saturated carbocycles. The van der Waals surface area contributed by atoms with E-state index in [-0.39, 0.29) is 4.90 Å². The molecule has 4 aromatic rings. The van der Waals surface area contributed by atoms with Gasteiger partial charge in [0.1, 0.15) is 4.90 Å². The predicted octanol–water partition coefficient (Wildman–Crippen LogP) is 4.14. The first-order chi connectivity index (χ1) is 14.0. The molecule has 0 spiro atoms. The molecule has 0 aliphatic rings. The van der Waals surface area contributed by atoms with E-state index >= 15 is 0 Å². The summed E-state index contributed by atoms with van der Waals surface area (Å²) in [4.78, 5) is 8.49. The van der Waals surface area contributed by atoms with Gasteiger partial charge < -0.3 is 0 Å². The van der Waals surface area contributed by atoms with Gasteiger partial charge in [0, 0.05) is 35.1 Å². The first-order valence-electron chi connectivity index (χ1n) is 8.92. The summed E-state index contributed by atoms with van der Waals surface area (Å²) in [6.07, 6.45) is 5.01. The van der Waals surface area contributed by atoms with Crippen molar-refractivity contribution < 1.29 is 8.42 Å². The van der Waals surface area contributed by atoms with Gasteiger partial charge in [-0.05, 0) is 42.8 Å². The van der Waals surface area contributed by atoms with Crippen molar-refractivity contribution in [2.45, 2.75) is 11.8 Å². The number of nitrogens with zero attached hydrogens (tertiary/aromatic N) is 2. The maximum atomic E-state index is 13.1. The van der Waals surface area contributed by atoms with E-state index in [9.17, 15) is 8.42 Å². The SMILES string of the molecule is Cc1cncc(C#Cc2ccccc2NS(=O)(=O)c2cccc3cccnc23)c1. The largest absolute Gasteiger partial charge is 0.278 e. The predicted molar refractivity (Wildman–Crippen MR) is 114 cm³/mol. The van der Waals surface area contributed by atoms with Gasteiger partial charge >= 0.3 is 0 Å². The molecule has 0 atom stereocenters. The lowest BCUT2D eigenvalue weighted by Gasteiger charge is -2.11. The number of hydrogen-bond donors (Lipinski definition) is 1. The van der Waals surface area contributed by atoms with Crippen LogP contribution in [0.4, 0.5) is 5.69 Å². The van der Waals surface area contributed by atoms with Gasteiger partial charge in [0.05, 0.1) is 11.2 Å². The second-order valence-electron chi connectivity index (χ2n) is 6.48. The van der Waals surface area contributed by atoms with E-state index in [0.717, 1.165) is 16.5 Å². The summed E-state index contributed by atoms with van der Waals surface area (Å²) in [5.41, 5.74) is 3.19. The van der Waals surface area contributed by atoms with E-state index in [2.05, 4.69) is 26.5 Å². The van der Waals surface area contributed by atoms with Gasteiger partial charge in [0.25, 0.3) is 10.0 Å². The summed E-state index contributed by atoms with van der Waals surface area (Å²) >= 11 is 0. The minimum Gasteiger partial charge on any atom is -0.278 e. The van der Waals surface area contributed by atoms with Crippen molar-refractivity contribution in [3.05, 3.63) is 95.9 Å². The molecular weight excluding hydrogens is 382 g/mol. The number of hydrogen-bond acceptors (Lipinski definition) is 4. The number of anilines is 1. The molecule has 2 aromatic heterocycles. The van der Waals surface area contributed by atoms with Gasteiger partial charge in [-0.2, -0.15) is 0 Å². The molecule has 0 aliphatic heterocycles. The second-order valence-corrected chi connectivity index (χ2v) is 8.13. The fourth-order valence-electron chi connectivity index (χ4n) is 2.94. The number of nitrogens with one attached hydrogen (secondary N) is 1. The summed E-state index contributed by atoms with van der Waals surface area (Å²) in [5.74, 6) is 6.07. The highest BCUT2D eigenvalue weighted by atomic mass is 32.2. The molecule has 1 N–H and O–H groups in total. The van der Waals surface area contributed by atoms with Crippen LogP contribution in [0.15, 0.2) is 84.1 Å². The first-order valence-corrected chi connectivity index (χ1v) is 10.4. The Bertz CT molecular complexity index is 1360. The third-order valence-electron chi connectivity index (χ3n) is 4.27. The lowest BCUT2D eigenvalue weighted by Crippen LogP contribution is -2.14. The number of benzene rings is 2. The van der Waals surface area contributed by atoms with Gasteiger partial charge in [0.15, 0.2) is 0 Å². The lowest BCUT2D eigenvalue weighted by atomic mass is 10.1. The van der Waals surface area contributed by atoms with Gasteiger partial charge in [-0.1, -0.05) is 42.2 Å². The average Bonchev–Trinajstić information content (AvgIpc) is 2.72. The van der Waals surface area contributed by atoms with E-state index in [1.165, 1.54) is 0 Å². The van der Waals surface area contributed by atoms with Crippen LogP contribution in [0.3, 0.4) is 0 Å². The molecule has 2 aromatic carbocycles. The first kappa shape index (κ1) is 18.7. The normalized spacial score (nSPS) is 10.9. The summed E-state index contributed by atoms with van der Waals surface area (Å²) in [6.45, 7) is 1.94. The van der Waals surface area contributed by atoms with Crippen LogP contribution in [0.1, 0.15) is 16.7 Å². The number of fused-ring (bicyclic) bond motifs is 1. The maximum absolute atomic E-state index is 13.1. The molecule has 0 aliphatic carbocycles. The number of aromatic nitrogens is 2. The zero-order chi connectivity index (χ0) is 20.3. The van der Waals surface area contributed by atoms with Gasteiger partial charge in [0.2, 0.25) is 0 Å². The van der Waals surface area contributed by atoms with E-state index < -0.39 is 10.0 Å². The number of sulfonamides is 1. The quantitative estimate of drug-likeness (QED) is 0.526. The topological polar surface area (TPSA) is 72.0 Å². The molecule has 5 nitrogen and oxygen atoms in total. The Morgan fingerprint density at radius 1 is 0.931 bits per heavy atom. The van der Waals surface area contributed by atoms with Crippen LogP contribution in [0.25, 0.3) is 10.9 Å². The van der Waals surface area contributed by atoms with Crippen molar-refractivity contribution >= 4 is 26.6 Å². The van der Waals surface area contributed by atoms with E-state index in [1.807, 2.05) is 31.2 Å². The van der Waals surface area contributed by atoms with Crippen LogP contribution in [0.5, 0.6) is 0 Å². The Balaban J connectivity index is 1.72. The Hall–Kier alpha value is -3.69. The van der Waals surface area contributed by atoms with Crippen molar-refractivity contribution in [3.63, 3.8) is 0 Å². The molecule has 0 bridgehead atoms. The fourth-order valence-corrected chi connectivity index (χ4v) is 4.20. The minimum absolute atomic E-state index is 0.126. The molecule has 2 heterocycles. The molecular formula is C23H17N3O2S. The molecule has 0 radical (unpaired) electrons. The Kier molecular flexibility index (Phi) is 4.98. The summed E-state index contributed by atoms with van der Waals surface area (Å²) in [7, 11) is -3.84. The molecule has 0 fully saturated rings. The van der Waals surface area contributed by atoms with Crippen molar-refractivity contribution in [1.29, 1.82) is 0 Å². The maximum Gasteiger partial charge on any atom is 0.264 e. The Labute approximate surface area is 169 Å². The third-order valence-corrected chi connectivity index (χ3v) is 5.67. The molecule has 4 rings (SSSR count). The zero-order valence-electron chi connectivity index (χ0n) is 15.6. The van der Waals surface area contributed by atoms with Crippen LogP contribution < -0.4 is 4.72 Å². The van der Waals surface area contributed by atoms with Crippen LogP contribution in [-0.2, 0) is 10.0 Å². The highest BCUT2D eigenvalue weighted by Crippen LogP contribution is 2.24. The zero-order valence-corrected chi connectivity index (χ0v) is 16.4. The molecule has 0 amide bonds. The summed E-state index contributed by atoms with van der Waals surface area (Å²) < 4.78 is 28.8. The van der Waals surface area contributed by atoms with E-state index in [4.69, 9.17) is 0 Å². The summed E-state index contributed by atoms with van der Waals surface area (Å²) in [5, 5.41) is 0.760. The number of aryl methyl sites for hydroxylation is 1. The molecule has 142 valence electrons. The van der Waals surface area contributed by atoms with Crippen molar-refractivity contribution in [2.24, 2.45) is 0 Å². The summed E-state index contributed by atoms with van der Waals surface area (Å²) in [6, 6.07) is 17.6. The molecule has 6 heteroatoms. The van der Waals surface area contributed by atoms with Gasteiger partial charge in [-0.15, -0.1) is 0 Å². The highest BCUT2D eigenvalue weighted by Gasteiger charge is 2.19. The van der Waals surface area contributed by atoms with Gasteiger partial charge in [-0.25, -0.2) is 8.42 Å². The monoisotopic (exact) mass is 399 g/mol. The minimum atomic E-state index is -3.84. The number of rotatable bonds is 3. The third kappa shape index (κ3) is 4.10. The number of para-hydroxylation sites is 2. The van der Waals surface area contributed by atoms with Crippen LogP contribution in [0, 0.1) is 18.8 Å². The van der Waals surface area contributed by atoms with Crippen LogP contribution in [-0.4, -0.2) is 18.4 Å². The van der Waals surface area contributed by atoms with Crippen LogP contribution >= 0.6 is 0 Å². The molecule has 0 unspecified atom stereocenters. The Morgan fingerprint density at radius 2 is 1.76 bits per heavy atom. The molecule has 0 saturated heterocycles. The second kappa shape index (κ2) is 7.74. The van der Waals surface area contributed by atoms with Crippen LogP contribution in [0.2, 0.25) is 0 Å². The van der Waals surface area contributed by atoms with Crippen molar-refractivity contribution in [2.75, 3.05) is 4.72 Å². The highest BCUT2D eigenvalue weighted by molar-refractivity contribution is 7.93. The fraction of sp³-hybridized carbons (Fsp3) is 0.0435. The lowest BCUT2D eigenvalue weighted by molar-refractivity contribution is 0.602. The van der Waals surface area contributed by atoms with Crippen molar-refractivity contribution in [1.82, 2.24) is 9.97 Å². The Morgan fingerprint density at radius 3 is 2.62 bits per heavy atom. The smallest absolute Gasteiger partial charge is 0.264 e. The number of pyridine rings is 2. The van der Waals surface area contributed by atoms with Crippen molar-refractivity contribution in [3.8, 4) is 11.8 Å². The molecule has 29 heavy (non-hydrogen) atoms. The standard InChI is InChI=1S/C23H17N3O2S/c1-17-14-18(16-24-15-17)11-12-19-6-2-3-9-21(19)26-29(27,28)22-10-4-7-20-8-5-13-25-23(20)22/h2-10,13-16,26H,1H3. The average molecular weight is 399 g/mol. The van der Waals surface area contributed by atoms with E-state index in [1.54, 1.807) is 55.0 Å². The van der Waals surface area contributed by atoms with E-state index in [0.29, 0.717) is 16.8 Å². The van der Waals surface area contributed by atoms with Gasteiger partial charge in [-0.3, -0.25) is 14.7 Å².